The molecule has 0 aliphatic heterocycles. The standard InChI is InChI=1S/C58H40N2S/c1-5-13-41(14-6-1)51-37-55(47-15-7-2-8-16-47)60-58(38-51)50-27-25-43(26-28-50)45-31-35-54(36-32-45)61-53-33-29-44(30-34-53)42-21-23-46(24-22-42)52-39-56(48-17-9-3-10-18-48)59-57(40-52)49-19-11-4-12-20-49/h1-40H. The fourth-order valence-corrected chi connectivity index (χ4v) is 8.52. The van der Waals surface area contributed by atoms with Crippen LogP contribution in [0.25, 0.3) is 89.5 Å². The molecule has 2 aromatic heterocycles. The molecule has 2 nitrogen and oxygen atoms in total. The fraction of sp³-hybridized carbons (Fsp3) is 0. The van der Waals surface area contributed by atoms with Gasteiger partial charge in [-0.2, -0.15) is 0 Å². The van der Waals surface area contributed by atoms with E-state index in [1.807, 2.05) is 18.2 Å². The van der Waals surface area contributed by atoms with Gasteiger partial charge in [-0.25, -0.2) is 9.97 Å². The number of rotatable bonds is 10. The summed E-state index contributed by atoms with van der Waals surface area (Å²) < 4.78 is 0. The average Bonchev–Trinajstić information content (AvgIpc) is 3.35. The van der Waals surface area contributed by atoms with Crippen molar-refractivity contribution < 1.29 is 0 Å². The molecule has 0 aliphatic carbocycles. The van der Waals surface area contributed by atoms with Gasteiger partial charge in [0, 0.05) is 32.0 Å². The predicted octanol–water partition coefficient (Wildman–Crippen LogP) is 16.0. The molecule has 8 aromatic carbocycles. The van der Waals surface area contributed by atoms with E-state index in [0.29, 0.717) is 0 Å². The van der Waals surface area contributed by atoms with Crippen LogP contribution in [0.3, 0.4) is 0 Å². The van der Waals surface area contributed by atoms with Crippen LogP contribution in [0.5, 0.6) is 0 Å². The fourth-order valence-electron chi connectivity index (χ4n) is 7.70. The van der Waals surface area contributed by atoms with Gasteiger partial charge < -0.3 is 0 Å². The van der Waals surface area contributed by atoms with Crippen molar-refractivity contribution >= 4 is 11.8 Å². The van der Waals surface area contributed by atoms with E-state index in [2.05, 4.69) is 224 Å². The van der Waals surface area contributed by atoms with Crippen LogP contribution in [0.2, 0.25) is 0 Å². The quantitative estimate of drug-likeness (QED) is 0.138. The second-order valence-electron chi connectivity index (χ2n) is 15.0. The molecule has 10 rings (SSSR count). The average molecular weight is 797 g/mol. The summed E-state index contributed by atoms with van der Waals surface area (Å²) in [4.78, 5) is 12.6. The number of hydrogen-bond donors (Lipinski definition) is 0. The second-order valence-corrected chi connectivity index (χ2v) is 16.2. The molecular formula is C58H40N2S. The Morgan fingerprint density at radius 3 is 0.721 bits per heavy atom. The van der Waals surface area contributed by atoms with Crippen LogP contribution in [0.1, 0.15) is 0 Å². The number of aromatic nitrogens is 2. The van der Waals surface area contributed by atoms with Crippen LogP contribution in [-0.4, -0.2) is 9.97 Å². The molecule has 2 heterocycles. The summed E-state index contributed by atoms with van der Waals surface area (Å²) in [7, 11) is 0. The van der Waals surface area contributed by atoms with Crippen LogP contribution in [0.4, 0.5) is 0 Å². The lowest BCUT2D eigenvalue weighted by Crippen LogP contribution is -1.91. The SMILES string of the molecule is c1ccc(-c2cc(-c3ccccc3)nc(-c3ccc(-c4ccc(Sc5ccc(-c6ccc(-c7cc(-c8ccccc8)nc(-c8ccccc8)c7)cc6)cc5)cc4)cc3)c2)cc1. The Bertz CT molecular complexity index is 2700. The lowest BCUT2D eigenvalue weighted by Gasteiger charge is -2.11. The Labute approximate surface area is 362 Å². The molecule has 0 spiro atoms. The molecule has 288 valence electrons. The van der Waals surface area contributed by atoms with Crippen LogP contribution >= 0.6 is 11.8 Å². The molecule has 0 bridgehead atoms. The molecule has 0 saturated heterocycles. The second kappa shape index (κ2) is 17.3. The van der Waals surface area contributed by atoms with E-state index in [4.69, 9.17) is 9.97 Å². The first-order chi connectivity index (χ1) is 30.2. The highest BCUT2D eigenvalue weighted by molar-refractivity contribution is 7.99. The van der Waals surface area contributed by atoms with Crippen molar-refractivity contribution in [2.75, 3.05) is 0 Å². The summed E-state index contributed by atoms with van der Waals surface area (Å²) in [5.41, 5.74) is 17.7. The molecule has 10 aromatic rings. The maximum absolute atomic E-state index is 5.11. The van der Waals surface area contributed by atoms with Crippen molar-refractivity contribution in [2.45, 2.75) is 9.79 Å². The molecule has 0 saturated carbocycles. The van der Waals surface area contributed by atoms with Gasteiger partial charge >= 0.3 is 0 Å². The smallest absolute Gasteiger partial charge is 0.0715 e. The van der Waals surface area contributed by atoms with Crippen molar-refractivity contribution in [3.05, 3.63) is 243 Å². The van der Waals surface area contributed by atoms with Crippen LogP contribution < -0.4 is 0 Å². The molecule has 0 fully saturated rings. The Hall–Kier alpha value is -7.59. The molecule has 0 atom stereocenters. The predicted molar refractivity (Wildman–Crippen MR) is 256 cm³/mol. The zero-order valence-corrected chi connectivity index (χ0v) is 34.2. The number of benzene rings is 8. The van der Waals surface area contributed by atoms with Gasteiger partial charge in [-0.1, -0.05) is 206 Å². The highest BCUT2D eigenvalue weighted by atomic mass is 32.2. The summed E-state index contributed by atoms with van der Waals surface area (Å²) in [5.74, 6) is 0. The van der Waals surface area contributed by atoms with E-state index in [1.165, 1.54) is 37.6 Å². The van der Waals surface area contributed by atoms with Gasteiger partial charge in [0.1, 0.15) is 0 Å². The first-order valence-electron chi connectivity index (χ1n) is 20.5. The lowest BCUT2D eigenvalue weighted by atomic mass is 9.97. The Morgan fingerprint density at radius 2 is 0.410 bits per heavy atom. The molecule has 61 heavy (non-hydrogen) atoms. The minimum Gasteiger partial charge on any atom is -0.248 e. The van der Waals surface area contributed by atoms with Crippen LogP contribution in [0, 0.1) is 0 Å². The van der Waals surface area contributed by atoms with E-state index in [-0.39, 0.29) is 0 Å². The normalized spacial score (nSPS) is 11.0. The molecule has 0 amide bonds. The van der Waals surface area contributed by atoms with Crippen LogP contribution in [-0.2, 0) is 0 Å². The molecule has 0 N–H and O–H groups in total. The van der Waals surface area contributed by atoms with Gasteiger partial charge in [0.05, 0.1) is 22.8 Å². The van der Waals surface area contributed by atoms with E-state index < -0.39 is 0 Å². The molecule has 0 radical (unpaired) electrons. The summed E-state index contributed by atoms with van der Waals surface area (Å²) in [5, 5.41) is 0. The third-order valence-corrected chi connectivity index (χ3v) is 12.0. The van der Waals surface area contributed by atoms with E-state index in [1.54, 1.807) is 11.8 Å². The molecule has 3 heteroatoms. The monoisotopic (exact) mass is 796 g/mol. The summed E-state index contributed by atoms with van der Waals surface area (Å²) in [6.07, 6.45) is 0. The first kappa shape index (κ1) is 37.7. The maximum Gasteiger partial charge on any atom is 0.0715 e. The van der Waals surface area contributed by atoms with Crippen LogP contribution in [0.15, 0.2) is 252 Å². The highest BCUT2D eigenvalue weighted by Gasteiger charge is 2.12. The van der Waals surface area contributed by atoms with Gasteiger partial charge in [-0.15, -0.1) is 0 Å². The van der Waals surface area contributed by atoms with Gasteiger partial charge in [0.15, 0.2) is 0 Å². The highest BCUT2D eigenvalue weighted by Crippen LogP contribution is 2.35. The third kappa shape index (κ3) is 8.60. The number of nitrogens with zero attached hydrogens (tertiary/aromatic N) is 2. The van der Waals surface area contributed by atoms with Gasteiger partial charge in [0.2, 0.25) is 0 Å². The largest absolute Gasteiger partial charge is 0.248 e. The van der Waals surface area contributed by atoms with Crippen molar-refractivity contribution in [2.24, 2.45) is 0 Å². The van der Waals surface area contributed by atoms with Gasteiger partial charge in [0.25, 0.3) is 0 Å². The summed E-state index contributed by atoms with van der Waals surface area (Å²) in [6.45, 7) is 0. The van der Waals surface area contributed by atoms with Crippen molar-refractivity contribution in [1.82, 2.24) is 9.97 Å². The lowest BCUT2D eigenvalue weighted by molar-refractivity contribution is 1.32. The van der Waals surface area contributed by atoms with E-state index in [0.717, 1.165) is 61.7 Å². The van der Waals surface area contributed by atoms with Crippen molar-refractivity contribution in [1.29, 1.82) is 0 Å². The van der Waals surface area contributed by atoms with Crippen molar-refractivity contribution in [3.8, 4) is 89.5 Å². The Morgan fingerprint density at radius 1 is 0.197 bits per heavy atom. The minimum absolute atomic E-state index is 0.960. The topological polar surface area (TPSA) is 25.8 Å². The molecule has 0 aliphatic rings. The summed E-state index contributed by atoms with van der Waals surface area (Å²) in [6, 6.07) is 85.8. The zero-order valence-electron chi connectivity index (χ0n) is 33.4. The summed E-state index contributed by atoms with van der Waals surface area (Å²) >= 11 is 1.78. The minimum atomic E-state index is 0.960. The number of pyridine rings is 2. The number of hydrogen-bond acceptors (Lipinski definition) is 3. The van der Waals surface area contributed by atoms with E-state index in [9.17, 15) is 0 Å². The van der Waals surface area contributed by atoms with Crippen molar-refractivity contribution in [3.63, 3.8) is 0 Å². The first-order valence-corrected chi connectivity index (χ1v) is 21.4. The molecule has 0 unspecified atom stereocenters. The van der Waals surface area contributed by atoms with Gasteiger partial charge in [-0.3, -0.25) is 0 Å². The third-order valence-electron chi connectivity index (χ3n) is 11.0. The Balaban J connectivity index is 0.827. The Kier molecular flexibility index (Phi) is 10.7. The van der Waals surface area contributed by atoms with E-state index >= 15 is 0 Å². The molecular weight excluding hydrogens is 757 g/mol. The maximum atomic E-state index is 5.11. The van der Waals surface area contributed by atoms with Gasteiger partial charge in [-0.05, 0) is 93.0 Å². The zero-order chi connectivity index (χ0) is 40.8.